The molecule has 4 rings (SSSR count). The maximum atomic E-state index is 13.8. The third-order valence-corrected chi connectivity index (χ3v) is 4.64. The highest BCUT2D eigenvalue weighted by Crippen LogP contribution is 2.56. The van der Waals surface area contributed by atoms with Gasteiger partial charge in [-0.05, 0) is 11.6 Å². The van der Waals surface area contributed by atoms with Gasteiger partial charge in [-0.3, -0.25) is 4.79 Å². The molecule has 0 aliphatic heterocycles. The Morgan fingerprint density at radius 3 is 2.56 bits per heavy atom. The van der Waals surface area contributed by atoms with Crippen molar-refractivity contribution in [1.82, 2.24) is 15.0 Å². The first-order valence-electron chi connectivity index (χ1n) is 7.66. The van der Waals surface area contributed by atoms with E-state index in [4.69, 9.17) is 5.26 Å². The van der Waals surface area contributed by atoms with Crippen molar-refractivity contribution in [2.75, 3.05) is 0 Å². The van der Waals surface area contributed by atoms with Crippen molar-refractivity contribution < 1.29 is 13.6 Å². The minimum atomic E-state index is -2.77. The molecule has 25 heavy (non-hydrogen) atoms. The third kappa shape index (κ3) is 2.38. The van der Waals surface area contributed by atoms with Gasteiger partial charge in [0, 0.05) is 24.6 Å². The third-order valence-electron chi connectivity index (χ3n) is 4.64. The molecule has 3 aromatic rings. The van der Waals surface area contributed by atoms with Crippen LogP contribution in [0.1, 0.15) is 40.2 Å². The zero-order valence-electron chi connectivity index (χ0n) is 13.0. The number of nitrogens with zero attached hydrogens (tertiary/aromatic N) is 3. The summed E-state index contributed by atoms with van der Waals surface area (Å²) in [5.74, 6) is -2.37. The highest BCUT2D eigenvalue weighted by Gasteiger charge is 2.59. The fourth-order valence-electron chi connectivity index (χ4n) is 3.41. The molecule has 0 amide bonds. The van der Waals surface area contributed by atoms with Crippen LogP contribution < -0.4 is 0 Å². The minimum absolute atomic E-state index is 0.367. The number of benzene rings is 1. The lowest BCUT2D eigenvalue weighted by Crippen LogP contribution is -2.50. The Kier molecular flexibility index (Phi) is 3.19. The summed E-state index contributed by atoms with van der Waals surface area (Å²) >= 11 is 0. The van der Waals surface area contributed by atoms with E-state index in [1.807, 2.05) is 6.07 Å². The number of halogens is 2. The molecule has 1 aliphatic carbocycles. The molecule has 1 aliphatic rings. The monoisotopic (exact) mass is 338 g/mol. The molecule has 124 valence electrons. The number of rotatable bonds is 3. The molecule has 1 saturated carbocycles. The summed E-state index contributed by atoms with van der Waals surface area (Å²) in [6.45, 7) is 0. The number of nitriles is 1. The van der Waals surface area contributed by atoms with E-state index < -0.39 is 11.3 Å². The van der Waals surface area contributed by atoms with Gasteiger partial charge in [0.05, 0.1) is 16.5 Å². The average Bonchev–Trinajstić information content (AvgIpc) is 3.02. The second-order valence-corrected chi connectivity index (χ2v) is 6.32. The largest absolute Gasteiger partial charge is 0.340 e. The zero-order chi connectivity index (χ0) is 17.7. The molecule has 5 nitrogen and oxygen atoms in total. The molecule has 0 radical (unpaired) electrons. The Morgan fingerprint density at radius 1 is 1.24 bits per heavy atom. The molecule has 1 aromatic carbocycles. The van der Waals surface area contributed by atoms with Crippen molar-refractivity contribution in [3.05, 3.63) is 59.0 Å². The van der Waals surface area contributed by atoms with Gasteiger partial charge in [0.2, 0.25) is 0 Å². The summed E-state index contributed by atoms with van der Waals surface area (Å²) in [7, 11) is 0. The van der Waals surface area contributed by atoms with Crippen LogP contribution in [0.2, 0.25) is 0 Å². The smallest absolute Gasteiger partial charge is 0.250 e. The summed E-state index contributed by atoms with van der Waals surface area (Å²) in [5, 5.41) is 8.97. The number of imidazole rings is 1. The van der Waals surface area contributed by atoms with Crippen LogP contribution in [0, 0.1) is 11.3 Å². The van der Waals surface area contributed by atoms with E-state index in [1.165, 1.54) is 6.20 Å². The van der Waals surface area contributed by atoms with Gasteiger partial charge >= 0.3 is 0 Å². The maximum Gasteiger partial charge on any atom is 0.250 e. The van der Waals surface area contributed by atoms with Crippen molar-refractivity contribution in [2.45, 2.75) is 24.2 Å². The second-order valence-electron chi connectivity index (χ2n) is 6.32. The topological polar surface area (TPSA) is 82.4 Å². The first kappa shape index (κ1) is 15.4. The highest BCUT2D eigenvalue weighted by molar-refractivity contribution is 5.75. The number of nitrogens with one attached hydrogen (secondary N) is 1. The molecule has 1 fully saturated rings. The molecule has 2 aromatic heterocycles. The molecule has 7 heteroatoms. The number of aldehydes is 1. The summed E-state index contributed by atoms with van der Waals surface area (Å²) in [6, 6.07) is 10.2. The van der Waals surface area contributed by atoms with Gasteiger partial charge in [0.25, 0.3) is 5.92 Å². The molecule has 0 atom stereocenters. The number of carbonyl (C=O) groups is 1. The lowest BCUT2D eigenvalue weighted by molar-refractivity contribution is -0.115. The Balaban J connectivity index is 1.84. The summed E-state index contributed by atoms with van der Waals surface area (Å²) in [4.78, 5) is 22.4. The first-order chi connectivity index (χ1) is 12.0. The normalized spacial score (nSPS) is 17.6. The van der Waals surface area contributed by atoms with Crippen LogP contribution in [0.25, 0.3) is 11.2 Å². The molecular formula is C18H12F2N4O. The van der Waals surface area contributed by atoms with Gasteiger partial charge in [0.1, 0.15) is 18.2 Å². The van der Waals surface area contributed by atoms with Crippen LogP contribution in [0.4, 0.5) is 8.78 Å². The SMILES string of the molecule is N#Cc1cnc2nc(C3(c4ccc(C=O)cc4)CC(F)(F)C3)[nH]c2c1. The average molecular weight is 338 g/mol. The Morgan fingerprint density at radius 2 is 1.96 bits per heavy atom. The maximum absolute atomic E-state index is 13.8. The van der Waals surface area contributed by atoms with E-state index >= 15 is 0 Å². The molecule has 0 bridgehead atoms. The number of aromatic nitrogens is 3. The van der Waals surface area contributed by atoms with Crippen LogP contribution in [0.5, 0.6) is 0 Å². The molecule has 1 N–H and O–H groups in total. The van der Waals surface area contributed by atoms with E-state index in [9.17, 15) is 13.6 Å². The van der Waals surface area contributed by atoms with Crippen molar-refractivity contribution in [3.8, 4) is 6.07 Å². The highest BCUT2D eigenvalue weighted by atomic mass is 19.3. The number of hydrogen-bond acceptors (Lipinski definition) is 4. The summed E-state index contributed by atoms with van der Waals surface area (Å²) in [5.41, 5.74) is 1.48. The summed E-state index contributed by atoms with van der Waals surface area (Å²) < 4.78 is 27.5. The Hall–Kier alpha value is -3.14. The van der Waals surface area contributed by atoms with Crippen LogP contribution in [-0.2, 0) is 5.41 Å². The van der Waals surface area contributed by atoms with Crippen LogP contribution in [0.15, 0.2) is 36.5 Å². The van der Waals surface area contributed by atoms with E-state index in [0.717, 1.165) is 0 Å². The quantitative estimate of drug-likeness (QED) is 0.742. The van der Waals surface area contributed by atoms with Crippen molar-refractivity contribution in [3.63, 3.8) is 0 Å². The van der Waals surface area contributed by atoms with Gasteiger partial charge in [-0.1, -0.05) is 24.3 Å². The fourth-order valence-corrected chi connectivity index (χ4v) is 3.41. The number of fused-ring (bicyclic) bond motifs is 1. The molecule has 0 saturated heterocycles. The van der Waals surface area contributed by atoms with E-state index in [0.29, 0.717) is 40.0 Å². The minimum Gasteiger partial charge on any atom is -0.340 e. The van der Waals surface area contributed by atoms with E-state index in [1.54, 1.807) is 30.3 Å². The standard InChI is InChI=1S/C18H12F2N4O/c19-18(20)9-17(10-18,13-3-1-11(8-25)2-4-13)16-23-14-5-12(6-21)7-22-15(14)24-16/h1-5,7-8H,9-10H2,(H,22,23,24). The zero-order valence-corrected chi connectivity index (χ0v) is 13.0. The van der Waals surface area contributed by atoms with Crippen LogP contribution in [0.3, 0.4) is 0 Å². The Bertz CT molecular complexity index is 1010. The number of aromatic amines is 1. The molecule has 2 heterocycles. The molecule has 0 unspecified atom stereocenters. The van der Waals surface area contributed by atoms with Crippen LogP contribution >= 0.6 is 0 Å². The number of hydrogen-bond donors (Lipinski definition) is 1. The Labute approximate surface area is 141 Å². The number of pyridine rings is 1. The van der Waals surface area contributed by atoms with Gasteiger partial charge in [-0.15, -0.1) is 0 Å². The van der Waals surface area contributed by atoms with Crippen molar-refractivity contribution in [2.24, 2.45) is 0 Å². The van der Waals surface area contributed by atoms with Gasteiger partial charge in [-0.25, -0.2) is 18.7 Å². The van der Waals surface area contributed by atoms with Gasteiger partial charge in [0.15, 0.2) is 5.65 Å². The first-order valence-corrected chi connectivity index (χ1v) is 7.66. The molecular weight excluding hydrogens is 326 g/mol. The van der Waals surface area contributed by atoms with Gasteiger partial charge in [-0.2, -0.15) is 5.26 Å². The second kappa shape index (κ2) is 5.18. The van der Waals surface area contributed by atoms with E-state index in [-0.39, 0.29) is 12.8 Å². The predicted octanol–water partition coefficient (Wildman–Crippen LogP) is 3.36. The lowest BCUT2D eigenvalue weighted by Gasteiger charge is -2.46. The summed E-state index contributed by atoms with van der Waals surface area (Å²) in [6.07, 6.45) is 1.37. The van der Waals surface area contributed by atoms with Crippen LogP contribution in [-0.4, -0.2) is 27.2 Å². The van der Waals surface area contributed by atoms with E-state index in [2.05, 4.69) is 15.0 Å². The fraction of sp³-hybridized carbons (Fsp3) is 0.222. The van der Waals surface area contributed by atoms with Crippen molar-refractivity contribution >= 4 is 17.5 Å². The number of H-pyrrole nitrogens is 1. The number of alkyl halides is 2. The lowest BCUT2D eigenvalue weighted by atomic mass is 9.61. The predicted molar refractivity (Wildman–Crippen MR) is 85.4 cm³/mol. The number of carbonyl (C=O) groups excluding carboxylic acids is 1. The van der Waals surface area contributed by atoms with Crippen molar-refractivity contribution in [1.29, 1.82) is 5.26 Å². The van der Waals surface area contributed by atoms with Gasteiger partial charge < -0.3 is 4.98 Å². The molecule has 0 spiro atoms.